The van der Waals surface area contributed by atoms with Gasteiger partial charge in [-0.25, -0.2) is 5.01 Å². The zero-order valence-electron chi connectivity index (χ0n) is 14.2. The number of hydrogen-bond donors (Lipinski definition) is 2. The Balaban J connectivity index is 1.87. The lowest BCUT2D eigenvalue weighted by Gasteiger charge is -2.22. The van der Waals surface area contributed by atoms with Crippen LogP contribution in [0.1, 0.15) is 42.9 Å². The highest BCUT2D eigenvalue weighted by atomic mass is 16.4. The van der Waals surface area contributed by atoms with Gasteiger partial charge in [-0.15, -0.1) is 0 Å². The molecule has 0 saturated heterocycles. The Morgan fingerprint density at radius 1 is 1.04 bits per heavy atom. The average Bonchev–Trinajstić information content (AvgIpc) is 3.08. The number of benzene rings is 2. The summed E-state index contributed by atoms with van der Waals surface area (Å²) in [4.78, 5) is 23.3. The van der Waals surface area contributed by atoms with E-state index in [-0.39, 0.29) is 30.9 Å². The molecule has 0 radical (unpaired) electrons. The molecule has 2 N–H and O–H groups in total. The van der Waals surface area contributed by atoms with Crippen molar-refractivity contribution in [3.8, 4) is 5.75 Å². The number of aromatic hydroxyl groups is 1. The summed E-state index contributed by atoms with van der Waals surface area (Å²) in [7, 11) is 0. The molecule has 1 aliphatic rings. The molecule has 2 aromatic rings. The maximum atomic E-state index is 12.6. The van der Waals surface area contributed by atoms with Gasteiger partial charge in [-0.05, 0) is 18.1 Å². The number of carboxylic acids is 1. The second-order valence-electron chi connectivity index (χ2n) is 6.18. The second kappa shape index (κ2) is 7.82. The van der Waals surface area contributed by atoms with Gasteiger partial charge in [0, 0.05) is 24.8 Å². The molecule has 0 aromatic heterocycles. The number of phenols is 1. The standard InChI is InChI=1S/C20H20N2O4/c23-18-10-5-4-9-15(18)17-13-16(14-7-2-1-3-8-14)21-22(17)19(24)11-6-12-20(25)26/h1-5,7-10,17,23H,6,11-13H2,(H,25,26). The van der Waals surface area contributed by atoms with E-state index in [4.69, 9.17) is 5.11 Å². The third kappa shape index (κ3) is 3.91. The Morgan fingerprint density at radius 3 is 2.42 bits per heavy atom. The summed E-state index contributed by atoms with van der Waals surface area (Å²) in [5, 5.41) is 24.9. The number of carboxylic acid groups (broad SMARTS) is 1. The van der Waals surface area contributed by atoms with Crippen molar-refractivity contribution in [1.29, 1.82) is 0 Å². The summed E-state index contributed by atoms with van der Waals surface area (Å²) >= 11 is 0. The number of hydrogen-bond acceptors (Lipinski definition) is 4. The van der Waals surface area contributed by atoms with Gasteiger partial charge in [0.15, 0.2) is 0 Å². The van der Waals surface area contributed by atoms with Crippen LogP contribution >= 0.6 is 0 Å². The fourth-order valence-electron chi connectivity index (χ4n) is 3.06. The maximum Gasteiger partial charge on any atom is 0.303 e. The first-order chi connectivity index (χ1) is 12.6. The number of para-hydroxylation sites is 1. The Labute approximate surface area is 151 Å². The van der Waals surface area contributed by atoms with E-state index in [0.29, 0.717) is 12.0 Å². The van der Waals surface area contributed by atoms with Gasteiger partial charge in [0.25, 0.3) is 0 Å². The predicted molar refractivity (Wildman–Crippen MR) is 96.8 cm³/mol. The lowest BCUT2D eigenvalue weighted by molar-refractivity contribution is -0.137. The monoisotopic (exact) mass is 352 g/mol. The van der Waals surface area contributed by atoms with Crippen molar-refractivity contribution in [3.63, 3.8) is 0 Å². The minimum Gasteiger partial charge on any atom is -0.508 e. The zero-order valence-corrected chi connectivity index (χ0v) is 14.2. The molecule has 1 unspecified atom stereocenters. The Bertz CT molecular complexity index is 833. The first-order valence-electron chi connectivity index (χ1n) is 8.51. The molecule has 1 amide bonds. The largest absolute Gasteiger partial charge is 0.508 e. The molecular weight excluding hydrogens is 332 g/mol. The number of aliphatic carboxylic acids is 1. The molecule has 0 spiro atoms. The maximum absolute atomic E-state index is 12.6. The molecule has 6 heteroatoms. The topological polar surface area (TPSA) is 90.2 Å². The molecule has 3 rings (SSSR count). The van der Waals surface area contributed by atoms with Crippen LogP contribution in [0.25, 0.3) is 0 Å². The molecule has 0 bridgehead atoms. The highest BCUT2D eigenvalue weighted by molar-refractivity contribution is 6.03. The van der Waals surface area contributed by atoms with Gasteiger partial charge in [0.05, 0.1) is 11.8 Å². The van der Waals surface area contributed by atoms with Gasteiger partial charge in [-0.1, -0.05) is 48.5 Å². The van der Waals surface area contributed by atoms with Crippen molar-refractivity contribution < 1.29 is 19.8 Å². The van der Waals surface area contributed by atoms with Gasteiger partial charge in [-0.3, -0.25) is 9.59 Å². The van der Waals surface area contributed by atoms with Crippen LogP contribution in [0.2, 0.25) is 0 Å². The molecule has 2 aromatic carbocycles. The third-order valence-electron chi connectivity index (χ3n) is 4.35. The molecular formula is C20H20N2O4. The number of phenolic OH excluding ortho intramolecular Hbond substituents is 1. The van der Waals surface area contributed by atoms with Gasteiger partial charge >= 0.3 is 5.97 Å². The molecule has 1 heterocycles. The fourth-order valence-corrected chi connectivity index (χ4v) is 3.06. The number of hydrazone groups is 1. The van der Waals surface area contributed by atoms with E-state index < -0.39 is 12.0 Å². The number of amides is 1. The lowest BCUT2D eigenvalue weighted by atomic mass is 9.97. The summed E-state index contributed by atoms with van der Waals surface area (Å²) in [6.07, 6.45) is 0.790. The molecule has 1 atom stereocenters. The Morgan fingerprint density at radius 2 is 1.73 bits per heavy atom. The highest BCUT2D eigenvalue weighted by Crippen LogP contribution is 2.37. The second-order valence-corrected chi connectivity index (χ2v) is 6.18. The summed E-state index contributed by atoms with van der Waals surface area (Å²) in [6, 6.07) is 16.1. The van der Waals surface area contributed by atoms with E-state index in [2.05, 4.69) is 5.10 Å². The first-order valence-corrected chi connectivity index (χ1v) is 8.51. The Hall–Kier alpha value is -3.15. The molecule has 0 fully saturated rings. The minimum absolute atomic E-state index is 0.0594. The summed E-state index contributed by atoms with van der Waals surface area (Å²) < 4.78 is 0. The SMILES string of the molecule is O=C(O)CCCC(=O)N1N=C(c2ccccc2)CC1c1ccccc1O. The van der Waals surface area contributed by atoms with Gasteiger partial charge < -0.3 is 10.2 Å². The summed E-state index contributed by atoms with van der Waals surface area (Å²) in [5.74, 6) is -1.05. The van der Waals surface area contributed by atoms with Crippen molar-refractivity contribution in [1.82, 2.24) is 5.01 Å². The highest BCUT2D eigenvalue weighted by Gasteiger charge is 2.34. The van der Waals surface area contributed by atoms with Crippen LogP contribution in [0.15, 0.2) is 59.7 Å². The minimum atomic E-state index is -0.926. The van der Waals surface area contributed by atoms with Gasteiger partial charge in [0.1, 0.15) is 5.75 Å². The Kier molecular flexibility index (Phi) is 5.31. The molecule has 6 nitrogen and oxygen atoms in total. The normalized spacial score (nSPS) is 16.4. The van der Waals surface area contributed by atoms with Gasteiger partial charge in [0.2, 0.25) is 5.91 Å². The summed E-state index contributed by atoms with van der Waals surface area (Å²) in [5.41, 5.74) is 2.33. The van der Waals surface area contributed by atoms with E-state index in [1.165, 1.54) is 5.01 Å². The van der Waals surface area contributed by atoms with Crippen LogP contribution < -0.4 is 0 Å². The van der Waals surface area contributed by atoms with E-state index in [9.17, 15) is 14.7 Å². The van der Waals surface area contributed by atoms with E-state index in [0.717, 1.165) is 11.3 Å². The van der Waals surface area contributed by atoms with Crippen LogP contribution in [-0.4, -0.2) is 32.8 Å². The molecule has 1 aliphatic heterocycles. The smallest absolute Gasteiger partial charge is 0.303 e. The van der Waals surface area contributed by atoms with Crippen LogP contribution in [0, 0.1) is 0 Å². The number of nitrogens with zero attached hydrogens (tertiary/aromatic N) is 2. The van der Waals surface area contributed by atoms with Gasteiger partial charge in [-0.2, -0.15) is 5.10 Å². The average molecular weight is 352 g/mol. The molecule has 0 aliphatic carbocycles. The van der Waals surface area contributed by atoms with Crippen molar-refractivity contribution in [2.75, 3.05) is 0 Å². The number of carbonyl (C=O) groups is 2. The van der Waals surface area contributed by atoms with Crippen molar-refractivity contribution >= 4 is 17.6 Å². The summed E-state index contributed by atoms with van der Waals surface area (Å²) in [6.45, 7) is 0. The van der Waals surface area contributed by atoms with Crippen LogP contribution in [0.4, 0.5) is 0 Å². The molecule has 26 heavy (non-hydrogen) atoms. The van der Waals surface area contributed by atoms with Crippen LogP contribution in [0.3, 0.4) is 0 Å². The van der Waals surface area contributed by atoms with Crippen LogP contribution in [-0.2, 0) is 9.59 Å². The van der Waals surface area contributed by atoms with Crippen LogP contribution in [0.5, 0.6) is 5.75 Å². The zero-order chi connectivity index (χ0) is 18.5. The predicted octanol–water partition coefficient (Wildman–Crippen LogP) is 3.32. The molecule has 0 saturated carbocycles. The number of carbonyl (C=O) groups excluding carboxylic acids is 1. The first kappa shape index (κ1) is 17.7. The number of rotatable bonds is 6. The third-order valence-corrected chi connectivity index (χ3v) is 4.35. The quantitative estimate of drug-likeness (QED) is 0.834. The fraction of sp³-hybridized carbons (Fsp3) is 0.250. The van der Waals surface area contributed by atoms with Crippen molar-refractivity contribution in [3.05, 3.63) is 65.7 Å². The van der Waals surface area contributed by atoms with E-state index >= 15 is 0 Å². The lowest BCUT2D eigenvalue weighted by Crippen LogP contribution is -2.27. The van der Waals surface area contributed by atoms with E-state index in [1.54, 1.807) is 18.2 Å². The van der Waals surface area contributed by atoms with Crippen molar-refractivity contribution in [2.45, 2.75) is 31.7 Å². The molecule has 134 valence electrons. The van der Waals surface area contributed by atoms with Crippen molar-refractivity contribution in [2.24, 2.45) is 5.10 Å². The van der Waals surface area contributed by atoms with E-state index in [1.807, 2.05) is 36.4 Å².